The number of pyridine rings is 1. The second kappa shape index (κ2) is 4.41. The SMILES string of the molecule is COc1ccc(-c2nncc3cccnc23)cc1. The Hall–Kier alpha value is -2.49. The number of hydrogen-bond acceptors (Lipinski definition) is 4. The highest BCUT2D eigenvalue weighted by atomic mass is 16.5. The lowest BCUT2D eigenvalue weighted by Crippen LogP contribution is -1.91. The van der Waals surface area contributed by atoms with E-state index in [4.69, 9.17) is 4.74 Å². The van der Waals surface area contributed by atoms with Gasteiger partial charge in [-0.15, -0.1) is 5.10 Å². The van der Waals surface area contributed by atoms with Gasteiger partial charge in [0, 0.05) is 17.1 Å². The Morgan fingerprint density at radius 2 is 1.89 bits per heavy atom. The van der Waals surface area contributed by atoms with Crippen LogP contribution in [0.25, 0.3) is 22.2 Å². The number of methoxy groups -OCH3 is 1. The van der Waals surface area contributed by atoms with E-state index in [2.05, 4.69) is 15.2 Å². The van der Waals surface area contributed by atoms with Gasteiger partial charge in [0.2, 0.25) is 0 Å². The average Bonchev–Trinajstić information content (AvgIpc) is 2.47. The van der Waals surface area contributed by atoms with E-state index in [0.29, 0.717) is 0 Å². The summed E-state index contributed by atoms with van der Waals surface area (Å²) in [6.07, 6.45) is 3.48. The maximum Gasteiger partial charge on any atom is 0.119 e. The van der Waals surface area contributed by atoms with E-state index in [9.17, 15) is 0 Å². The third kappa shape index (κ3) is 1.78. The van der Waals surface area contributed by atoms with Gasteiger partial charge in [0.1, 0.15) is 11.4 Å². The van der Waals surface area contributed by atoms with Gasteiger partial charge in [-0.05, 0) is 36.4 Å². The molecule has 0 bridgehead atoms. The van der Waals surface area contributed by atoms with Crippen LogP contribution in [0.4, 0.5) is 0 Å². The van der Waals surface area contributed by atoms with Gasteiger partial charge in [0.05, 0.1) is 18.8 Å². The fourth-order valence-electron chi connectivity index (χ4n) is 1.86. The van der Waals surface area contributed by atoms with Crippen molar-refractivity contribution in [3.8, 4) is 17.0 Å². The molecule has 4 nitrogen and oxygen atoms in total. The molecule has 88 valence electrons. The molecule has 0 saturated carbocycles. The number of rotatable bonds is 2. The predicted molar refractivity (Wildman–Crippen MR) is 69.3 cm³/mol. The van der Waals surface area contributed by atoms with Crippen molar-refractivity contribution in [3.05, 3.63) is 48.8 Å². The molecule has 4 heteroatoms. The van der Waals surface area contributed by atoms with Crippen molar-refractivity contribution in [1.29, 1.82) is 0 Å². The summed E-state index contributed by atoms with van der Waals surface area (Å²) >= 11 is 0. The van der Waals surface area contributed by atoms with Gasteiger partial charge >= 0.3 is 0 Å². The molecule has 0 fully saturated rings. The van der Waals surface area contributed by atoms with E-state index in [1.807, 2.05) is 36.4 Å². The second-order valence-electron chi connectivity index (χ2n) is 3.86. The van der Waals surface area contributed by atoms with E-state index < -0.39 is 0 Å². The van der Waals surface area contributed by atoms with Gasteiger partial charge in [-0.2, -0.15) is 5.10 Å². The second-order valence-corrected chi connectivity index (χ2v) is 3.86. The number of nitrogens with zero attached hydrogens (tertiary/aromatic N) is 3. The van der Waals surface area contributed by atoms with Gasteiger partial charge in [0.25, 0.3) is 0 Å². The van der Waals surface area contributed by atoms with Crippen molar-refractivity contribution in [2.45, 2.75) is 0 Å². The van der Waals surface area contributed by atoms with Gasteiger partial charge in [0.15, 0.2) is 0 Å². The quantitative estimate of drug-likeness (QED) is 0.687. The highest BCUT2D eigenvalue weighted by Gasteiger charge is 2.07. The third-order valence-corrected chi connectivity index (χ3v) is 2.78. The molecular formula is C14H11N3O. The van der Waals surface area contributed by atoms with Gasteiger partial charge in [-0.3, -0.25) is 4.98 Å². The van der Waals surface area contributed by atoms with Crippen LogP contribution in [0.2, 0.25) is 0 Å². The molecule has 1 aromatic carbocycles. The molecule has 18 heavy (non-hydrogen) atoms. The Bertz CT molecular complexity index is 675. The van der Waals surface area contributed by atoms with Crippen molar-refractivity contribution in [3.63, 3.8) is 0 Å². The Balaban J connectivity index is 2.18. The van der Waals surface area contributed by atoms with Gasteiger partial charge < -0.3 is 4.74 Å². The summed E-state index contributed by atoms with van der Waals surface area (Å²) < 4.78 is 5.14. The van der Waals surface area contributed by atoms with Crippen LogP contribution >= 0.6 is 0 Å². The van der Waals surface area contributed by atoms with Crippen LogP contribution in [0.15, 0.2) is 48.8 Å². The zero-order chi connectivity index (χ0) is 12.4. The third-order valence-electron chi connectivity index (χ3n) is 2.78. The lowest BCUT2D eigenvalue weighted by molar-refractivity contribution is 0.415. The van der Waals surface area contributed by atoms with Crippen LogP contribution in [0.1, 0.15) is 0 Å². The minimum atomic E-state index is 0.788. The highest BCUT2D eigenvalue weighted by molar-refractivity contribution is 5.90. The number of aromatic nitrogens is 3. The molecule has 3 aromatic rings. The number of ether oxygens (including phenoxy) is 1. The first-order valence-corrected chi connectivity index (χ1v) is 5.59. The van der Waals surface area contributed by atoms with Crippen LogP contribution in [-0.4, -0.2) is 22.3 Å². The lowest BCUT2D eigenvalue weighted by Gasteiger charge is -2.04. The molecule has 2 aromatic heterocycles. The van der Waals surface area contributed by atoms with E-state index in [0.717, 1.165) is 27.9 Å². The number of hydrogen-bond donors (Lipinski definition) is 0. The lowest BCUT2D eigenvalue weighted by atomic mass is 10.1. The van der Waals surface area contributed by atoms with Crippen molar-refractivity contribution >= 4 is 10.9 Å². The molecule has 0 unspecified atom stereocenters. The molecule has 0 radical (unpaired) electrons. The van der Waals surface area contributed by atoms with E-state index in [1.165, 1.54) is 0 Å². The van der Waals surface area contributed by atoms with Crippen molar-refractivity contribution in [2.24, 2.45) is 0 Å². The summed E-state index contributed by atoms with van der Waals surface area (Å²) in [4.78, 5) is 4.37. The normalized spacial score (nSPS) is 10.5. The summed E-state index contributed by atoms with van der Waals surface area (Å²) in [6.45, 7) is 0. The molecule has 0 aliphatic heterocycles. The fraction of sp³-hybridized carbons (Fsp3) is 0.0714. The number of benzene rings is 1. The largest absolute Gasteiger partial charge is 0.497 e. The molecule has 0 amide bonds. The Morgan fingerprint density at radius 3 is 2.67 bits per heavy atom. The Labute approximate surface area is 104 Å². The van der Waals surface area contributed by atoms with Crippen LogP contribution < -0.4 is 4.74 Å². The maximum absolute atomic E-state index is 5.14. The minimum absolute atomic E-state index is 0.788. The van der Waals surface area contributed by atoms with Crippen LogP contribution in [-0.2, 0) is 0 Å². The maximum atomic E-state index is 5.14. The van der Waals surface area contributed by atoms with Crippen molar-refractivity contribution in [1.82, 2.24) is 15.2 Å². The molecule has 0 atom stereocenters. The molecule has 0 aliphatic rings. The van der Waals surface area contributed by atoms with Crippen LogP contribution in [0.5, 0.6) is 5.75 Å². The zero-order valence-corrected chi connectivity index (χ0v) is 9.87. The highest BCUT2D eigenvalue weighted by Crippen LogP contribution is 2.25. The van der Waals surface area contributed by atoms with E-state index >= 15 is 0 Å². The summed E-state index contributed by atoms with van der Waals surface area (Å²) in [5.41, 5.74) is 2.63. The molecule has 2 heterocycles. The minimum Gasteiger partial charge on any atom is -0.497 e. The number of fused-ring (bicyclic) bond motifs is 1. The van der Waals surface area contributed by atoms with E-state index in [1.54, 1.807) is 19.5 Å². The van der Waals surface area contributed by atoms with Crippen LogP contribution in [0, 0.1) is 0 Å². The zero-order valence-electron chi connectivity index (χ0n) is 9.87. The Morgan fingerprint density at radius 1 is 1.06 bits per heavy atom. The first-order valence-electron chi connectivity index (χ1n) is 5.59. The summed E-state index contributed by atoms with van der Waals surface area (Å²) in [5.74, 6) is 0.819. The molecule has 3 rings (SSSR count). The monoisotopic (exact) mass is 237 g/mol. The van der Waals surface area contributed by atoms with Gasteiger partial charge in [-0.25, -0.2) is 0 Å². The fourth-order valence-corrected chi connectivity index (χ4v) is 1.86. The summed E-state index contributed by atoms with van der Waals surface area (Å²) in [5, 5.41) is 9.17. The first kappa shape index (κ1) is 10.7. The topological polar surface area (TPSA) is 47.9 Å². The first-order chi connectivity index (χ1) is 8.88. The molecule has 0 spiro atoms. The molecule has 0 aliphatic carbocycles. The van der Waals surface area contributed by atoms with E-state index in [-0.39, 0.29) is 0 Å². The van der Waals surface area contributed by atoms with Crippen LogP contribution in [0.3, 0.4) is 0 Å². The molecule has 0 N–H and O–H groups in total. The smallest absolute Gasteiger partial charge is 0.119 e. The molecular weight excluding hydrogens is 226 g/mol. The predicted octanol–water partition coefficient (Wildman–Crippen LogP) is 2.70. The summed E-state index contributed by atoms with van der Waals surface area (Å²) in [7, 11) is 1.65. The summed E-state index contributed by atoms with van der Waals surface area (Å²) in [6, 6.07) is 11.6. The van der Waals surface area contributed by atoms with Gasteiger partial charge in [-0.1, -0.05) is 0 Å². The standard InChI is InChI=1S/C14H11N3O/c1-18-12-6-4-10(5-7-12)14-13-11(9-16-17-14)3-2-8-15-13/h2-9H,1H3. The van der Waals surface area contributed by atoms with Crippen molar-refractivity contribution < 1.29 is 4.74 Å². The average molecular weight is 237 g/mol. The molecule has 0 saturated heterocycles. The van der Waals surface area contributed by atoms with Crippen molar-refractivity contribution in [2.75, 3.05) is 7.11 Å². The Kier molecular flexibility index (Phi) is 2.61.